The second kappa shape index (κ2) is 3.97. The summed E-state index contributed by atoms with van der Waals surface area (Å²) in [6.07, 6.45) is 4.58. The molecule has 0 fully saturated rings. The highest BCUT2D eigenvalue weighted by Crippen LogP contribution is 2.24. The van der Waals surface area contributed by atoms with Crippen molar-refractivity contribution in [3.05, 3.63) is 30.5 Å². The number of nitrogens with zero attached hydrogens (tertiary/aromatic N) is 1. The van der Waals surface area contributed by atoms with Gasteiger partial charge >= 0.3 is 0 Å². The van der Waals surface area contributed by atoms with Crippen LogP contribution in [0.25, 0.3) is 10.9 Å². The summed E-state index contributed by atoms with van der Waals surface area (Å²) in [5.74, 6) is 0. The molecule has 0 aliphatic rings. The molecule has 0 amide bonds. The van der Waals surface area contributed by atoms with Crippen LogP contribution in [-0.2, 0) is 0 Å². The number of hydrogen-bond acceptors (Lipinski definition) is 1. The van der Waals surface area contributed by atoms with E-state index in [0.717, 1.165) is 5.69 Å². The van der Waals surface area contributed by atoms with E-state index in [1.807, 2.05) is 6.07 Å². The third-order valence-corrected chi connectivity index (χ3v) is 2.93. The molecule has 0 bridgehead atoms. The Labute approximate surface area is 90.7 Å². The number of aromatic nitrogens is 1. The number of nitrogen functional groups attached to an aromatic ring is 1. The van der Waals surface area contributed by atoms with Crippen LogP contribution >= 0.6 is 0 Å². The van der Waals surface area contributed by atoms with Crippen LogP contribution in [0, 0.1) is 0 Å². The molecule has 2 rings (SSSR count). The van der Waals surface area contributed by atoms with E-state index < -0.39 is 0 Å². The lowest BCUT2D eigenvalue weighted by molar-refractivity contribution is 0.515. The van der Waals surface area contributed by atoms with Crippen molar-refractivity contribution in [3.63, 3.8) is 0 Å². The monoisotopic (exact) mass is 202 g/mol. The van der Waals surface area contributed by atoms with Crippen LogP contribution in [-0.4, -0.2) is 4.57 Å². The van der Waals surface area contributed by atoms with Crippen molar-refractivity contribution in [1.29, 1.82) is 0 Å². The van der Waals surface area contributed by atoms with Crippen LogP contribution in [0.5, 0.6) is 0 Å². The topological polar surface area (TPSA) is 30.9 Å². The summed E-state index contributed by atoms with van der Waals surface area (Å²) in [6, 6.07) is 8.80. The standard InChI is InChI=1S/C13H18N2/c1-3-4-10(2)15-8-7-11-5-6-12(14)9-13(11)15/h5-10H,3-4,14H2,1-2H3. The van der Waals surface area contributed by atoms with Crippen molar-refractivity contribution in [2.24, 2.45) is 0 Å². The molecule has 2 aromatic rings. The summed E-state index contributed by atoms with van der Waals surface area (Å²) in [5.41, 5.74) is 7.90. The van der Waals surface area contributed by atoms with Gasteiger partial charge in [-0.2, -0.15) is 0 Å². The molecule has 1 heterocycles. The van der Waals surface area contributed by atoms with Gasteiger partial charge in [-0.3, -0.25) is 0 Å². The van der Waals surface area contributed by atoms with Gasteiger partial charge in [-0.05, 0) is 36.9 Å². The highest BCUT2D eigenvalue weighted by Gasteiger charge is 2.07. The van der Waals surface area contributed by atoms with Crippen LogP contribution in [0.3, 0.4) is 0 Å². The molecule has 1 aromatic carbocycles. The summed E-state index contributed by atoms with van der Waals surface area (Å²) in [5, 5.41) is 1.27. The van der Waals surface area contributed by atoms with Crippen molar-refractivity contribution in [2.75, 3.05) is 5.73 Å². The van der Waals surface area contributed by atoms with Gasteiger partial charge in [0.05, 0.1) is 5.52 Å². The van der Waals surface area contributed by atoms with E-state index in [1.54, 1.807) is 0 Å². The quantitative estimate of drug-likeness (QED) is 0.758. The predicted molar refractivity (Wildman–Crippen MR) is 66.0 cm³/mol. The maximum Gasteiger partial charge on any atom is 0.0503 e. The molecule has 0 saturated carbocycles. The van der Waals surface area contributed by atoms with Gasteiger partial charge in [0.25, 0.3) is 0 Å². The normalized spacial score (nSPS) is 13.2. The Morgan fingerprint density at radius 2 is 2.13 bits per heavy atom. The zero-order valence-electron chi connectivity index (χ0n) is 9.40. The summed E-state index contributed by atoms with van der Waals surface area (Å²) < 4.78 is 2.31. The Hall–Kier alpha value is -1.44. The molecule has 0 aliphatic heterocycles. The lowest BCUT2D eigenvalue weighted by Crippen LogP contribution is -2.02. The molecule has 0 radical (unpaired) electrons. The molecule has 1 atom stereocenters. The molecule has 0 spiro atoms. The number of hydrogen-bond donors (Lipinski definition) is 1. The van der Waals surface area contributed by atoms with Gasteiger partial charge in [-0.15, -0.1) is 0 Å². The zero-order valence-corrected chi connectivity index (χ0v) is 9.40. The van der Waals surface area contributed by atoms with Crippen molar-refractivity contribution in [2.45, 2.75) is 32.7 Å². The molecule has 2 heteroatoms. The van der Waals surface area contributed by atoms with E-state index in [-0.39, 0.29) is 0 Å². The molecule has 0 saturated heterocycles. The Morgan fingerprint density at radius 3 is 2.87 bits per heavy atom. The molecule has 0 aliphatic carbocycles. The first-order valence-corrected chi connectivity index (χ1v) is 5.58. The van der Waals surface area contributed by atoms with Gasteiger partial charge in [0.1, 0.15) is 0 Å². The van der Waals surface area contributed by atoms with E-state index in [9.17, 15) is 0 Å². The minimum absolute atomic E-state index is 0.550. The van der Waals surface area contributed by atoms with Crippen molar-refractivity contribution >= 4 is 16.6 Å². The van der Waals surface area contributed by atoms with Crippen molar-refractivity contribution in [1.82, 2.24) is 4.57 Å². The lowest BCUT2D eigenvalue weighted by Gasteiger charge is -2.14. The number of fused-ring (bicyclic) bond motifs is 1. The number of benzene rings is 1. The fourth-order valence-corrected chi connectivity index (χ4v) is 2.11. The van der Waals surface area contributed by atoms with Crippen LogP contribution in [0.15, 0.2) is 30.5 Å². The second-order valence-electron chi connectivity index (χ2n) is 4.18. The van der Waals surface area contributed by atoms with Gasteiger partial charge in [-0.1, -0.05) is 19.4 Å². The van der Waals surface area contributed by atoms with Gasteiger partial charge in [-0.25, -0.2) is 0 Å². The molecule has 1 unspecified atom stereocenters. The van der Waals surface area contributed by atoms with Crippen LogP contribution in [0.1, 0.15) is 32.7 Å². The number of anilines is 1. The fourth-order valence-electron chi connectivity index (χ4n) is 2.11. The summed E-state index contributed by atoms with van der Waals surface area (Å²) in [4.78, 5) is 0. The van der Waals surface area contributed by atoms with E-state index in [0.29, 0.717) is 6.04 Å². The first-order chi connectivity index (χ1) is 7.22. The first-order valence-electron chi connectivity index (χ1n) is 5.58. The maximum absolute atomic E-state index is 5.81. The van der Waals surface area contributed by atoms with Crippen LogP contribution in [0.4, 0.5) is 5.69 Å². The minimum Gasteiger partial charge on any atom is -0.399 e. The Balaban J connectivity index is 2.47. The SMILES string of the molecule is CCCC(C)n1ccc2ccc(N)cc21. The van der Waals surface area contributed by atoms with Gasteiger partial charge < -0.3 is 10.3 Å². The Bertz CT molecular complexity index is 457. The van der Waals surface area contributed by atoms with E-state index in [4.69, 9.17) is 5.73 Å². The predicted octanol–water partition coefficient (Wildman–Crippen LogP) is 3.58. The molecule has 2 N–H and O–H groups in total. The molecular formula is C13H18N2. The van der Waals surface area contributed by atoms with Crippen molar-refractivity contribution in [3.8, 4) is 0 Å². The first kappa shape index (κ1) is 10.1. The highest BCUT2D eigenvalue weighted by atomic mass is 15.0. The smallest absolute Gasteiger partial charge is 0.0503 e. The average molecular weight is 202 g/mol. The minimum atomic E-state index is 0.550. The Kier molecular flexibility index (Phi) is 2.67. The van der Waals surface area contributed by atoms with E-state index in [1.165, 1.54) is 23.7 Å². The Morgan fingerprint density at radius 1 is 1.33 bits per heavy atom. The summed E-state index contributed by atoms with van der Waals surface area (Å²) in [6.45, 7) is 4.47. The maximum atomic E-state index is 5.81. The largest absolute Gasteiger partial charge is 0.399 e. The van der Waals surface area contributed by atoms with Crippen LogP contribution < -0.4 is 5.73 Å². The van der Waals surface area contributed by atoms with E-state index in [2.05, 4.69) is 42.8 Å². The average Bonchev–Trinajstić information content (AvgIpc) is 2.60. The number of nitrogens with two attached hydrogens (primary N) is 1. The van der Waals surface area contributed by atoms with Crippen LogP contribution in [0.2, 0.25) is 0 Å². The third kappa shape index (κ3) is 1.84. The van der Waals surface area contributed by atoms with Crippen molar-refractivity contribution < 1.29 is 0 Å². The zero-order chi connectivity index (χ0) is 10.8. The van der Waals surface area contributed by atoms with Gasteiger partial charge in [0.2, 0.25) is 0 Å². The second-order valence-corrected chi connectivity index (χ2v) is 4.18. The molecular weight excluding hydrogens is 184 g/mol. The number of rotatable bonds is 3. The summed E-state index contributed by atoms with van der Waals surface area (Å²) >= 11 is 0. The fraction of sp³-hybridized carbons (Fsp3) is 0.385. The van der Waals surface area contributed by atoms with Gasteiger partial charge in [0.15, 0.2) is 0 Å². The molecule has 1 aromatic heterocycles. The van der Waals surface area contributed by atoms with Gasteiger partial charge in [0, 0.05) is 17.9 Å². The third-order valence-electron chi connectivity index (χ3n) is 2.93. The molecule has 15 heavy (non-hydrogen) atoms. The molecule has 80 valence electrons. The summed E-state index contributed by atoms with van der Waals surface area (Å²) in [7, 11) is 0. The lowest BCUT2D eigenvalue weighted by atomic mass is 10.2. The highest BCUT2D eigenvalue weighted by molar-refractivity contribution is 5.83. The molecule has 2 nitrogen and oxygen atoms in total. The van der Waals surface area contributed by atoms with E-state index >= 15 is 0 Å².